The molecule has 2 saturated heterocycles. The molecule has 100 valence electrons. The summed E-state index contributed by atoms with van der Waals surface area (Å²) in [6.07, 6.45) is 4.44. The van der Waals surface area contributed by atoms with E-state index in [0.717, 1.165) is 18.9 Å². The van der Waals surface area contributed by atoms with Crippen LogP contribution in [0.5, 0.6) is 0 Å². The molecule has 2 heterocycles. The third-order valence-corrected chi connectivity index (χ3v) is 4.42. The fraction of sp³-hybridized carbons (Fsp3) is 1.00. The van der Waals surface area contributed by atoms with Crippen LogP contribution in [0.3, 0.4) is 0 Å². The number of nitrogens with zero attached hydrogens (tertiary/aromatic N) is 1. The molecule has 2 aliphatic heterocycles. The highest BCUT2D eigenvalue weighted by atomic mass is 16.5. The van der Waals surface area contributed by atoms with Crippen LogP contribution in [-0.2, 0) is 4.74 Å². The predicted octanol–water partition coefficient (Wildman–Crippen LogP) is 1.86. The van der Waals surface area contributed by atoms with Crippen molar-refractivity contribution in [3.63, 3.8) is 0 Å². The Morgan fingerprint density at radius 3 is 2.41 bits per heavy atom. The Bertz CT molecular complexity index is 249. The Morgan fingerprint density at radius 2 is 1.88 bits per heavy atom. The summed E-state index contributed by atoms with van der Waals surface area (Å²) in [5.74, 6) is 0.842. The van der Waals surface area contributed by atoms with E-state index in [1.54, 1.807) is 0 Å². The Kier molecular flexibility index (Phi) is 4.11. The molecule has 2 aliphatic rings. The van der Waals surface area contributed by atoms with Crippen molar-refractivity contribution < 1.29 is 4.74 Å². The highest BCUT2D eigenvalue weighted by molar-refractivity contribution is 4.86. The van der Waals surface area contributed by atoms with Crippen LogP contribution in [0.4, 0.5) is 0 Å². The highest BCUT2D eigenvalue weighted by Crippen LogP contribution is 2.34. The first-order chi connectivity index (χ1) is 7.99. The van der Waals surface area contributed by atoms with Crippen LogP contribution in [0.2, 0.25) is 0 Å². The standard InChI is InChI=1S/C14H28N2O/c1-14(2,3)11-6-7-16(9-11)10-13-5-4-12(8-15)17-13/h11-13H,4-10,15H2,1-3H3. The summed E-state index contributed by atoms with van der Waals surface area (Å²) in [5.41, 5.74) is 6.09. The SMILES string of the molecule is CC(C)(C)C1CCN(CC2CCC(CN)O2)C1. The molecule has 3 nitrogen and oxygen atoms in total. The van der Waals surface area contributed by atoms with Crippen molar-refractivity contribution in [1.29, 1.82) is 0 Å². The third-order valence-electron chi connectivity index (χ3n) is 4.42. The van der Waals surface area contributed by atoms with E-state index in [2.05, 4.69) is 25.7 Å². The lowest BCUT2D eigenvalue weighted by Crippen LogP contribution is -2.33. The summed E-state index contributed by atoms with van der Waals surface area (Å²) in [6, 6.07) is 0. The molecule has 0 amide bonds. The van der Waals surface area contributed by atoms with Crippen molar-refractivity contribution in [1.82, 2.24) is 4.90 Å². The molecule has 0 aliphatic carbocycles. The average molecular weight is 240 g/mol. The van der Waals surface area contributed by atoms with Gasteiger partial charge in [-0.05, 0) is 37.1 Å². The first-order valence-corrected chi connectivity index (χ1v) is 7.07. The molecular weight excluding hydrogens is 212 g/mol. The van der Waals surface area contributed by atoms with Gasteiger partial charge in [0, 0.05) is 19.6 Å². The van der Waals surface area contributed by atoms with Crippen LogP contribution in [-0.4, -0.2) is 43.3 Å². The number of likely N-dealkylation sites (tertiary alicyclic amines) is 1. The summed E-state index contributed by atoms with van der Waals surface area (Å²) in [7, 11) is 0. The van der Waals surface area contributed by atoms with Crippen molar-refractivity contribution in [2.45, 2.75) is 52.2 Å². The molecular formula is C14H28N2O. The zero-order valence-corrected chi connectivity index (χ0v) is 11.6. The topological polar surface area (TPSA) is 38.5 Å². The van der Waals surface area contributed by atoms with Gasteiger partial charge in [0.15, 0.2) is 0 Å². The molecule has 2 N–H and O–H groups in total. The van der Waals surface area contributed by atoms with E-state index < -0.39 is 0 Å². The maximum Gasteiger partial charge on any atom is 0.0707 e. The molecule has 0 aromatic carbocycles. The predicted molar refractivity (Wildman–Crippen MR) is 71.0 cm³/mol. The lowest BCUT2D eigenvalue weighted by molar-refractivity contribution is 0.0298. The Balaban J connectivity index is 1.75. The molecule has 17 heavy (non-hydrogen) atoms. The molecule has 0 bridgehead atoms. The van der Waals surface area contributed by atoms with Crippen LogP contribution < -0.4 is 5.73 Å². The van der Waals surface area contributed by atoms with Gasteiger partial charge in [0.2, 0.25) is 0 Å². The smallest absolute Gasteiger partial charge is 0.0707 e. The van der Waals surface area contributed by atoms with E-state index in [1.807, 2.05) is 0 Å². The van der Waals surface area contributed by atoms with Gasteiger partial charge in [-0.3, -0.25) is 0 Å². The van der Waals surface area contributed by atoms with E-state index in [1.165, 1.54) is 25.9 Å². The van der Waals surface area contributed by atoms with Gasteiger partial charge in [0.05, 0.1) is 12.2 Å². The Hall–Kier alpha value is -0.120. The molecule has 0 radical (unpaired) electrons. The monoisotopic (exact) mass is 240 g/mol. The van der Waals surface area contributed by atoms with E-state index in [4.69, 9.17) is 10.5 Å². The van der Waals surface area contributed by atoms with Crippen molar-refractivity contribution in [3.8, 4) is 0 Å². The minimum Gasteiger partial charge on any atom is -0.372 e. The van der Waals surface area contributed by atoms with Gasteiger partial charge in [-0.2, -0.15) is 0 Å². The van der Waals surface area contributed by atoms with Gasteiger partial charge < -0.3 is 15.4 Å². The normalized spacial score (nSPS) is 35.6. The molecule has 2 rings (SSSR count). The number of nitrogens with two attached hydrogens (primary N) is 1. The third kappa shape index (κ3) is 3.43. The lowest BCUT2D eigenvalue weighted by atomic mass is 9.80. The van der Waals surface area contributed by atoms with Gasteiger partial charge >= 0.3 is 0 Å². The van der Waals surface area contributed by atoms with Gasteiger partial charge in [-0.1, -0.05) is 20.8 Å². The molecule has 0 aromatic rings. The zero-order valence-electron chi connectivity index (χ0n) is 11.6. The van der Waals surface area contributed by atoms with Crippen LogP contribution >= 0.6 is 0 Å². The second-order valence-corrected chi connectivity index (χ2v) is 6.80. The van der Waals surface area contributed by atoms with Gasteiger partial charge in [0.25, 0.3) is 0 Å². The summed E-state index contributed by atoms with van der Waals surface area (Å²) in [5, 5.41) is 0. The van der Waals surface area contributed by atoms with Crippen LogP contribution in [0.15, 0.2) is 0 Å². The van der Waals surface area contributed by atoms with Crippen LogP contribution in [0, 0.1) is 11.3 Å². The largest absolute Gasteiger partial charge is 0.372 e. The van der Waals surface area contributed by atoms with E-state index in [-0.39, 0.29) is 0 Å². The number of hydrogen-bond donors (Lipinski definition) is 1. The first kappa shape index (κ1) is 13.3. The maximum atomic E-state index is 5.93. The summed E-state index contributed by atoms with van der Waals surface area (Å²) in [6.45, 7) is 11.4. The number of hydrogen-bond acceptors (Lipinski definition) is 3. The number of ether oxygens (including phenoxy) is 1. The minimum atomic E-state index is 0.320. The highest BCUT2D eigenvalue weighted by Gasteiger charge is 2.34. The second-order valence-electron chi connectivity index (χ2n) is 6.80. The van der Waals surface area contributed by atoms with E-state index >= 15 is 0 Å². The minimum absolute atomic E-state index is 0.320. The molecule has 0 saturated carbocycles. The maximum absolute atomic E-state index is 5.93. The first-order valence-electron chi connectivity index (χ1n) is 7.07. The zero-order chi connectivity index (χ0) is 12.5. The van der Waals surface area contributed by atoms with Crippen molar-refractivity contribution in [2.24, 2.45) is 17.1 Å². The molecule has 2 fully saturated rings. The lowest BCUT2D eigenvalue weighted by Gasteiger charge is -2.27. The van der Waals surface area contributed by atoms with Gasteiger partial charge in [0.1, 0.15) is 0 Å². The molecule has 3 atom stereocenters. The molecule has 3 unspecified atom stereocenters. The second kappa shape index (κ2) is 5.25. The average Bonchev–Trinajstić information content (AvgIpc) is 2.86. The van der Waals surface area contributed by atoms with E-state index in [9.17, 15) is 0 Å². The van der Waals surface area contributed by atoms with E-state index in [0.29, 0.717) is 24.2 Å². The fourth-order valence-electron chi connectivity index (χ4n) is 3.08. The summed E-state index contributed by atoms with van der Waals surface area (Å²) < 4.78 is 5.93. The van der Waals surface area contributed by atoms with Crippen molar-refractivity contribution in [2.75, 3.05) is 26.2 Å². The molecule has 3 heteroatoms. The quantitative estimate of drug-likeness (QED) is 0.818. The Labute approximate surface area is 106 Å². The molecule has 0 spiro atoms. The van der Waals surface area contributed by atoms with Gasteiger partial charge in [-0.25, -0.2) is 0 Å². The van der Waals surface area contributed by atoms with Crippen LogP contribution in [0.1, 0.15) is 40.0 Å². The summed E-state index contributed by atoms with van der Waals surface area (Å²) in [4.78, 5) is 2.58. The van der Waals surface area contributed by atoms with Crippen molar-refractivity contribution in [3.05, 3.63) is 0 Å². The Morgan fingerprint density at radius 1 is 1.18 bits per heavy atom. The molecule has 0 aromatic heterocycles. The van der Waals surface area contributed by atoms with Gasteiger partial charge in [-0.15, -0.1) is 0 Å². The summed E-state index contributed by atoms with van der Waals surface area (Å²) >= 11 is 0. The van der Waals surface area contributed by atoms with Crippen LogP contribution in [0.25, 0.3) is 0 Å². The number of rotatable bonds is 3. The van der Waals surface area contributed by atoms with Crippen molar-refractivity contribution >= 4 is 0 Å². The fourth-order valence-corrected chi connectivity index (χ4v) is 3.08.